The first kappa shape index (κ1) is 8.52. The lowest BCUT2D eigenvalue weighted by atomic mass is 10.5. The van der Waals surface area contributed by atoms with E-state index in [9.17, 15) is 9.59 Å². The van der Waals surface area contributed by atoms with Gasteiger partial charge >= 0.3 is 5.69 Å². The molecule has 2 rings (SSSR count). The zero-order valence-electron chi connectivity index (χ0n) is 6.63. The molecule has 2 heterocycles. The molecule has 0 aliphatic carbocycles. The van der Waals surface area contributed by atoms with Gasteiger partial charge in [0.2, 0.25) is 0 Å². The average Bonchev–Trinajstić information content (AvgIpc) is 2.45. The number of hydrogen-bond donors (Lipinski definition) is 1. The third-order valence-corrected chi connectivity index (χ3v) is 3.18. The van der Waals surface area contributed by atoms with Crippen LogP contribution in [0, 0.1) is 0 Å². The number of thiophene rings is 1. The SMILES string of the molecule is Cn1c(=O)[nH]c2c(Cl)csc2c1=O. The van der Waals surface area contributed by atoms with Gasteiger partial charge in [0.25, 0.3) is 5.56 Å². The van der Waals surface area contributed by atoms with Crippen molar-refractivity contribution in [2.24, 2.45) is 7.05 Å². The Balaban J connectivity index is 3.14. The second kappa shape index (κ2) is 2.71. The molecule has 13 heavy (non-hydrogen) atoms. The Labute approximate surface area is 81.4 Å². The van der Waals surface area contributed by atoms with Gasteiger partial charge in [0, 0.05) is 12.4 Å². The molecule has 2 aromatic rings. The fourth-order valence-corrected chi connectivity index (χ4v) is 2.23. The van der Waals surface area contributed by atoms with E-state index in [2.05, 4.69) is 4.98 Å². The summed E-state index contributed by atoms with van der Waals surface area (Å²) < 4.78 is 1.50. The van der Waals surface area contributed by atoms with Crippen molar-refractivity contribution in [3.8, 4) is 0 Å². The lowest BCUT2D eigenvalue weighted by Crippen LogP contribution is -2.31. The van der Waals surface area contributed by atoms with Crippen molar-refractivity contribution in [1.29, 1.82) is 0 Å². The predicted octanol–water partition coefficient (Wildman–Crippen LogP) is 0.942. The number of H-pyrrole nitrogens is 1. The van der Waals surface area contributed by atoms with Gasteiger partial charge in [0.05, 0.1) is 10.5 Å². The highest BCUT2D eigenvalue weighted by molar-refractivity contribution is 7.17. The van der Waals surface area contributed by atoms with Crippen molar-refractivity contribution in [1.82, 2.24) is 9.55 Å². The zero-order chi connectivity index (χ0) is 9.59. The Morgan fingerprint density at radius 3 is 2.92 bits per heavy atom. The second-order valence-corrected chi connectivity index (χ2v) is 3.87. The molecule has 68 valence electrons. The van der Waals surface area contributed by atoms with Gasteiger partial charge in [-0.05, 0) is 0 Å². The molecule has 2 aromatic heterocycles. The van der Waals surface area contributed by atoms with Crippen LogP contribution in [0.1, 0.15) is 0 Å². The number of nitrogens with one attached hydrogen (secondary N) is 1. The van der Waals surface area contributed by atoms with Gasteiger partial charge in [-0.3, -0.25) is 9.36 Å². The second-order valence-electron chi connectivity index (χ2n) is 2.58. The molecule has 0 aliphatic heterocycles. The van der Waals surface area contributed by atoms with Gasteiger partial charge in [-0.25, -0.2) is 4.79 Å². The number of nitrogens with zero attached hydrogens (tertiary/aromatic N) is 1. The predicted molar refractivity (Wildman–Crippen MR) is 52.7 cm³/mol. The molecule has 6 heteroatoms. The summed E-state index contributed by atoms with van der Waals surface area (Å²) in [7, 11) is 1.42. The third kappa shape index (κ3) is 1.12. The summed E-state index contributed by atoms with van der Waals surface area (Å²) in [6.45, 7) is 0. The molecule has 0 fully saturated rings. The van der Waals surface area contributed by atoms with Crippen LogP contribution < -0.4 is 11.2 Å². The topological polar surface area (TPSA) is 54.9 Å². The lowest BCUT2D eigenvalue weighted by Gasteiger charge is -1.94. The molecule has 0 saturated carbocycles. The highest BCUT2D eigenvalue weighted by atomic mass is 35.5. The van der Waals surface area contributed by atoms with Gasteiger partial charge in [0.15, 0.2) is 0 Å². The number of aromatic nitrogens is 2. The number of rotatable bonds is 0. The Bertz CT molecular complexity index is 580. The fourth-order valence-electron chi connectivity index (χ4n) is 1.05. The van der Waals surface area contributed by atoms with E-state index < -0.39 is 5.69 Å². The number of hydrogen-bond acceptors (Lipinski definition) is 3. The molecular formula is C7H5ClN2O2S. The van der Waals surface area contributed by atoms with Gasteiger partial charge in [-0.2, -0.15) is 0 Å². The zero-order valence-corrected chi connectivity index (χ0v) is 8.20. The van der Waals surface area contributed by atoms with E-state index in [1.165, 1.54) is 18.4 Å². The maximum atomic E-state index is 11.5. The number of halogens is 1. The first-order valence-electron chi connectivity index (χ1n) is 3.47. The largest absolute Gasteiger partial charge is 0.328 e. The molecule has 0 amide bonds. The summed E-state index contributed by atoms with van der Waals surface area (Å²) in [5.74, 6) is 0. The van der Waals surface area contributed by atoms with Crippen LogP contribution in [-0.4, -0.2) is 9.55 Å². The van der Waals surface area contributed by atoms with E-state index in [1.807, 2.05) is 0 Å². The third-order valence-electron chi connectivity index (χ3n) is 1.78. The van der Waals surface area contributed by atoms with E-state index in [-0.39, 0.29) is 5.56 Å². The molecule has 1 N–H and O–H groups in total. The summed E-state index contributed by atoms with van der Waals surface area (Å²) in [6, 6.07) is 0. The van der Waals surface area contributed by atoms with Crippen LogP contribution in [-0.2, 0) is 7.05 Å². The van der Waals surface area contributed by atoms with Gasteiger partial charge in [-0.1, -0.05) is 11.6 Å². The van der Waals surface area contributed by atoms with Crippen molar-refractivity contribution in [3.63, 3.8) is 0 Å². The van der Waals surface area contributed by atoms with Crippen LogP contribution in [0.25, 0.3) is 10.2 Å². The minimum Gasteiger partial charge on any atom is -0.305 e. The molecule has 0 unspecified atom stereocenters. The van der Waals surface area contributed by atoms with Crippen molar-refractivity contribution < 1.29 is 0 Å². The standard InChI is InChI=1S/C7H5ClN2O2S/c1-10-6(11)5-4(9-7(10)12)3(8)2-13-5/h2H,1H3,(H,9,12). The summed E-state index contributed by atoms with van der Waals surface area (Å²) in [6.07, 6.45) is 0. The van der Waals surface area contributed by atoms with E-state index >= 15 is 0 Å². The highest BCUT2D eigenvalue weighted by Crippen LogP contribution is 2.23. The summed E-state index contributed by atoms with van der Waals surface area (Å²) in [5, 5.41) is 2.04. The molecule has 0 aliphatic rings. The van der Waals surface area contributed by atoms with Gasteiger partial charge < -0.3 is 4.98 Å². The Kier molecular flexibility index (Phi) is 1.78. The van der Waals surface area contributed by atoms with Crippen LogP contribution >= 0.6 is 22.9 Å². The summed E-state index contributed by atoms with van der Waals surface area (Å²) in [5.41, 5.74) is -0.326. The first-order valence-corrected chi connectivity index (χ1v) is 4.73. The van der Waals surface area contributed by atoms with Crippen LogP contribution in [0.5, 0.6) is 0 Å². The highest BCUT2D eigenvalue weighted by Gasteiger charge is 2.08. The fraction of sp³-hybridized carbons (Fsp3) is 0.143. The van der Waals surface area contributed by atoms with Crippen LogP contribution in [0.2, 0.25) is 5.02 Å². The monoisotopic (exact) mass is 216 g/mol. The minimum absolute atomic E-state index is 0.310. The Morgan fingerprint density at radius 2 is 2.23 bits per heavy atom. The van der Waals surface area contributed by atoms with E-state index in [1.54, 1.807) is 5.38 Å². The molecule has 0 radical (unpaired) electrons. The van der Waals surface area contributed by atoms with Gasteiger partial charge in [0.1, 0.15) is 4.70 Å². The van der Waals surface area contributed by atoms with Crippen molar-refractivity contribution in [3.05, 3.63) is 31.2 Å². The van der Waals surface area contributed by atoms with E-state index in [0.717, 1.165) is 4.57 Å². The molecular weight excluding hydrogens is 212 g/mol. The van der Waals surface area contributed by atoms with Crippen LogP contribution in [0.4, 0.5) is 0 Å². The van der Waals surface area contributed by atoms with Gasteiger partial charge in [-0.15, -0.1) is 11.3 Å². The quantitative estimate of drug-likeness (QED) is 0.713. The minimum atomic E-state index is -0.446. The molecule has 0 spiro atoms. The van der Waals surface area contributed by atoms with Crippen LogP contribution in [0.3, 0.4) is 0 Å². The number of fused-ring (bicyclic) bond motifs is 1. The van der Waals surface area contributed by atoms with Crippen molar-refractivity contribution >= 4 is 33.2 Å². The Morgan fingerprint density at radius 1 is 1.54 bits per heavy atom. The van der Waals surface area contributed by atoms with Crippen molar-refractivity contribution in [2.75, 3.05) is 0 Å². The summed E-state index contributed by atoms with van der Waals surface area (Å²) >= 11 is 6.99. The number of aromatic amines is 1. The van der Waals surface area contributed by atoms with Crippen LogP contribution in [0.15, 0.2) is 15.0 Å². The summed E-state index contributed by atoms with van der Waals surface area (Å²) in [4.78, 5) is 25.1. The normalized spacial score (nSPS) is 10.9. The molecule has 0 saturated heterocycles. The molecule has 0 atom stereocenters. The Hall–Kier alpha value is -1.07. The molecule has 4 nitrogen and oxygen atoms in total. The smallest absolute Gasteiger partial charge is 0.305 e. The van der Waals surface area contributed by atoms with E-state index in [0.29, 0.717) is 15.2 Å². The van der Waals surface area contributed by atoms with E-state index in [4.69, 9.17) is 11.6 Å². The molecule has 0 aromatic carbocycles. The average molecular weight is 217 g/mol. The maximum absolute atomic E-state index is 11.5. The first-order chi connectivity index (χ1) is 6.11. The van der Waals surface area contributed by atoms with Crippen molar-refractivity contribution in [2.45, 2.75) is 0 Å². The lowest BCUT2D eigenvalue weighted by molar-refractivity contribution is 0.796. The molecule has 0 bridgehead atoms. The maximum Gasteiger partial charge on any atom is 0.328 e.